The molecule has 1 aromatic heterocycles. The molecule has 21 heavy (non-hydrogen) atoms. The molecular formula is C16H23N3O2. The fourth-order valence-electron chi connectivity index (χ4n) is 2.44. The fraction of sp³-hybridized carbons (Fsp3) is 0.500. The van der Waals surface area contributed by atoms with E-state index in [1.54, 1.807) is 6.92 Å². The lowest BCUT2D eigenvalue weighted by molar-refractivity contribution is -0.143. The van der Waals surface area contributed by atoms with Crippen LogP contribution < -0.4 is 5.73 Å². The van der Waals surface area contributed by atoms with Crippen molar-refractivity contribution in [3.05, 3.63) is 30.1 Å². The molecule has 0 spiro atoms. The number of unbranched alkanes of at least 4 members (excludes halogenated alkanes) is 1. The summed E-state index contributed by atoms with van der Waals surface area (Å²) in [6.45, 7) is 4.91. The lowest BCUT2D eigenvalue weighted by Crippen LogP contribution is -2.49. The van der Waals surface area contributed by atoms with Crippen LogP contribution in [-0.2, 0) is 17.8 Å². The van der Waals surface area contributed by atoms with Gasteiger partial charge in [0.2, 0.25) is 0 Å². The summed E-state index contributed by atoms with van der Waals surface area (Å²) in [6.07, 6.45) is 4.81. The molecule has 0 amide bonds. The van der Waals surface area contributed by atoms with E-state index in [4.69, 9.17) is 5.73 Å². The highest BCUT2D eigenvalue weighted by atomic mass is 16.4. The van der Waals surface area contributed by atoms with Gasteiger partial charge in [-0.15, -0.1) is 0 Å². The number of benzene rings is 1. The molecule has 0 bridgehead atoms. The fourth-order valence-corrected chi connectivity index (χ4v) is 2.44. The summed E-state index contributed by atoms with van der Waals surface area (Å²) in [6, 6.07) is 5.90. The van der Waals surface area contributed by atoms with Crippen LogP contribution >= 0.6 is 0 Å². The van der Waals surface area contributed by atoms with Crippen LogP contribution in [-0.4, -0.2) is 26.2 Å². The van der Waals surface area contributed by atoms with Crippen LogP contribution in [0.3, 0.4) is 0 Å². The minimum atomic E-state index is -1.21. The Morgan fingerprint density at radius 3 is 2.81 bits per heavy atom. The van der Waals surface area contributed by atoms with E-state index in [0.717, 1.165) is 36.0 Å². The molecule has 2 aromatic rings. The van der Waals surface area contributed by atoms with E-state index in [1.165, 1.54) is 0 Å². The first-order valence-corrected chi connectivity index (χ1v) is 7.46. The number of aryl methyl sites for hydroxylation is 1. The largest absolute Gasteiger partial charge is 0.480 e. The van der Waals surface area contributed by atoms with E-state index in [2.05, 4.69) is 16.5 Å². The summed E-state index contributed by atoms with van der Waals surface area (Å²) < 4.78 is 2.13. The number of hydrogen-bond donors (Lipinski definition) is 2. The van der Waals surface area contributed by atoms with E-state index in [-0.39, 0.29) is 0 Å². The molecule has 114 valence electrons. The number of fused-ring (bicyclic) bond motifs is 1. The third-order valence-electron chi connectivity index (χ3n) is 4.01. The van der Waals surface area contributed by atoms with Crippen LogP contribution in [0.4, 0.5) is 0 Å². The number of carboxylic acid groups (broad SMARTS) is 1. The molecule has 0 saturated carbocycles. The van der Waals surface area contributed by atoms with Crippen LogP contribution in [0.2, 0.25) is 0 Å². The number of aliphatic carboxylic acids is 1. The summed E-state index contributed by atoms with van der Waals surface area (Å²) >= 11 is 0. The zero-order valence-corrected chi connectivity index (χ0v) is 12.7. The van der Waals surface area contributed by atoms with Gasteiger partial charge in [-0.05, 0) is 30.5 Å². The Balaban J connectivity index is 2.26. The normalized spacial score (nSPS) is 14.2. The first kappa shape index (κ1) is 15.5. The van der Waals surface area contributed by atoms with Gasteiger partial charge in [-0.3, -0.25) is 4.79 Å². The van der Waals surface area contributed by atoms with Crippen molar-refractivity contribution in [1.29, 1.82) is 0 Å². The Morgan fingerprint density at radius 1 is 1.43 bits per heavy atom. The van der Waals surface area contributed by atoms with Gasteiger partial charge in [0, 0.05) is 13.0 Å². The molecule has 0 saturated heterocycles. The molecule has 0 aliphatic carbocycles. The van der Waals surface area contributed by atoms with Crippen molar-refractivity contribution in [3.63, 3.8) is 0 Å². The second-order valence-electron chi connectivity index (χ2n) is 5.61. The molecule has 3 N–H and O–H groups in total. The van der Waals surface area contributed by atoms with Gasteiger partial charge in [0.25, 0.3) is 0 Å². The number of imidazole rings is 1. The minimum absolute atomic E-state index is 0.316. The average molecular weight is 289 g/mol. The summed E-state index contributed by atoms with van der Waals surface area (Å²) in [7, 11) is 0. The Bertz CT molecular complexity index is 635. The molecule has 0 radical (unpaired) electrons. The number of rotatable bonds is 7. The van der Waals surface area contributed by atoms with E-state index in [1.807, 2.05) is 24.5 Å². The number of carbonyl (C=O) groups is 1. The molecule has 5 nitrogen and oxygen atoms in total. The Morgan fingerprint density at radius 2 is 2.19 bits per heavy atom. The number of nitrogens with two attached hydrogens (primary N) is 1. The summed E-state index contributed by atoms with van der Waals surface area (Å²) in [5.41, 5.74) is 7.64. The van der Waals surface area contributed by atoms with E-state index in [0.29, 0.717) is 12.8 Å². The lowest BCUT2D eigenvalue weighted by Gasteiger charge is -2.22. The second kappa shape index (κ2) is 6.26. The Kier molecular flexibility index (Phi) is 4.63. The molecule has 1 aromatic carbocycles. The van der Waals surface area contributed by atoms with Crippen molar-refractivity contribution < 1.29 is 9.90 Å². The maximum absolute atomic E-state index is 11.3. The number of hydrogen-bond acceptors (Lipinski definition) is 3. The van der Waals surface area contributed by atoms with Crippen LogP contribution in [0.15, 0.2) is 24.5 Å². The quantitative estimate of drug-likeness (QED) is 0.821. The van der Waals surface area contributed by atoms with Crippen molar-refractivity contribution in [3.8, 4) is 0 Å². The minimum Gasteiger partial charge on any atom is -0.480 e. The maximum Gasteiger partial charge on any atom is 0.324 e. The highest BCUT2D eigenvalue weighted by molar-refractivity contribution is 5.80. The highest BCUT2D eigenvalue weighted by Gasteiger charge is 2.32. The van der Waals surface area contributed by atoms with Gasteiger partial charge in [-0.1, -0.05) is 26.3 Å². The predicted molar refractivity (Wildman–Crippen MR) is 83.2 cm³/mol. The molecular weight excluding hydrogens is 266 g/mol. The summed E-state index contributed by atoms with van der Waals surface area (Å²) in [5.74, 6) is -0.960. The summed E-state index contributed by atoms with van der Waals surface area (Å²) in [4.78, 5) is 15.7. The van der Waals surface area contributed by atoms with Crippen LogP contribution in [0, 0.1) is 0 Å². The van der Waals surface area contributed by atoms with Crippen molar-refractivity contribution in [1.82, 2.24) is 9.55 Å². The van der Waals surface area contributed by atoms with E-state index in [9.17, 15) is 9.90 Å². The van der Waals surface area contributed by atoms with Gasteiger partial charge in [0.1, 0.15) is 5.54 Å². The maximum atomic E-state index is 11.3. The smallest absolute Gasteiger partial charge is 0.324 e. The predicted octanol–water partition coefficient (Wildman–Crippen LogP) is 2.57. The monoisotopic (exact) mass is 289 g/mol. The first-order chi connectivity index (χ1) is 10.00. The second-order valence-corrected chi connectivity index (χ2v) is 5.61. The van der Waals surface area contributed by atoms with Crippen molar-refractivity contribution in [2.75, 3.05) is 0 Å². The van der Waals surface area contributed by atoms with Crippen LogP contribution in [0.1, 0.15) is 38.7 Å². The average Bonchev–Trinajstić information content (AvgIpc) is 2.87. The third kappa shape index (κ3) is 3.24. The highest BCUT2D eigenvalue weighted by Crippen LogP contribution is 2.20. The summed E-state index contributed by atoms with van der Waals surface area (Å²) in [5, 5.41) is 9.26. The van der Waals surface area contributed by atoms with Crippen molar-refractivity contribution in [2.45, 2.75) is 51.6 Å². The zero-order chi connectivity index (χ0) is 15.5. The van der Waals surface area contributed by atoms with Crippen LogP contribution in [0.5, 0.6) is 0 Å². The Labute approximate surface area is 124 Å². The number of carboxylic acids is 1. The van der Waals surface area contributed by atoms with Gasteiger partial charge in [-0.2, -0.15) is 0 Å². The van der Waals surface area contributed by atoms with Gasteiger partial charge >= 0.3 is 5.97 Å². The zero-order valence-electron chi connectivity index (χ0n) is 12.7. The van der Waals surface area contributed by atoms with Gasteiger partial charge in [-0.25, -0.2) is 4.98 Å². The van der Waals surface area contributed by atoms with E-state index >= 15 is 0 Å². The van der Waals surface area contributed by atoms with Crippen molar-refractivity contribution in [2.24, 2.45) is 5.73 Å². The topological polar surface area (TPSA) is 81.1 Å². The first-order valence-electron chi connectivity index (χ1n) is 7.46. The SMILES string of the molecule is CCCCn1cnc2cc(C[C@@](N)(CC)C(=O)O)ccc21. The number of nitrogens with zero attached hydrogens (tertiary/aromatic N) is 2. The van der Waals surface area contributed by atoms with Gasteiger partial charge in [0.15, 0.2) is 0 Å². The van der Waals surface area contributed by atoms with Gasteiger partial charge in [0.05, 0.1) is 17.4 Å². The molecule has 0 unspecified atom stereocenters. The van der Waals surface area contributed by atoms with Gasteiger partial charge < -0.3 is 15.4 Å². The third-order valence-corrected chi connectivity index (χ3v) is 4.01. The standard InChI is InChI=1S/C16H23N3O2/c1-3-5-8-19-11-18-13-9-12(6-7-14(13)19)10-16(17,4-2)15(20)21/h6-7,9,11H,3-5,8,10,17H2,1-2H3,(H,20,21)/t16-/m0/s1. The molecule has 0 fully saturated rings. The molecule has 0 aliphatic heterocycles. The molecule has 2 rings (SSSR count). The Hall–Kier alpha value is -1.88. The lowest BCUT2D eigenvalue weighted by atomic mass is 9.89. The van der Waals surface area contributed by atoms with E-state index < -0.39 is 11.5 Å². The molecule has 1 heterocycles. The molecule has 1 atom stereocenters. The molecule has 0 aliphatic rings. The molecule has 5 heteroatoms. The number of aromatic nitrogens is 2. The van der Waals surface area contributed by atoms with Crippen LogP contribution in [0.25, 0.3) is 11.0 Å². The van der Waals surface area contributed by atoms with Crippen molar-refractivity contribution >= 4 is 17.0 Å².